The molecule has 3 rings (SSSR count). The Hall–Kier alpha value is -3.15. The van der Waals surface area contributed by atoms with Gasteiger partial charge in [0.1, 0.15) is 0 Å². The number of carbonyl (C=O) groups is 1. The highest BCUT2D eigenvalue weighted by atomic mass is 16.5. The summed E-state index contributed by atoms with van der Waals surface area (Å²) in [5, 5.41) is 0. The van der Waals surface area contributed by atoms with Gasteiger partial charge in [0.2, 0.25) is 5.89 Å². The first-order valence-electron chi connectivity index (χ1n) is 7.92. The van der Waals surface area contributed by atoms with Gasteiger partial charge >= 0.3 is 5.97 Å². The van der Waals surface area contributed by atoms with Crippen LogP contribution in [0.5, 0.6) is 5.75 Å². The Kier molecular flexibility index (Phi) is 5.09. The van der Waals surface area contributed by atoms with Crippen LogP contribution in [-0.2, 0) is 11.3 Å². The minimum atomic E-state index is -0.587. The Morgan fingerprint density at radius 2 is 1.92 bits per heavy atom. The van der Waals surface area contributed by atoms with Crippen LogP contribution in [-0.4, -0.2) is 22.0 Å². The van der Waals surface area contributed by atoms with Crippen molar-refractivity contribution in [2.75, 3.05) is 0 Å². The van der Waals surface area contributed by atoms with Crippen molar-refractivity contribution in [1.29, 1.82) is 0 Å². The first-order valence-corrected chi connectivity index (χ1v) is 7.92. The lowest BCUT2D eigenvalue weighted by molar-refractivity contribution is 0.0425. The zero-order valence-corrected chi connectivity index (χ0v) is 14.0. The van der Waals surface area contributed by atoms with Gasteiger partial charge in [-0.25, -0.2) is 14.8 Å². The zero-order valence-electron chi connectivity index (χ0n) is 14.0. The maximum Gasteiger partial charge on any atom is 0.361 e. The summed E-state index contributed by atoms with van der Waals surface area (Å²) in [5.74, 6) is 0.735. The van der Waals surface area contributed by atoms with Crippen molar-refractivity contribution in [3.63, 3.8) is 0 Å². The van der Waals surface area contributed by atoms with Gasteiger partial charge in [0.25, 0.3) is 0 Å². The number of benzene rings is 1. The molecule has 25 heavy (non-hydrogen) atoms. The van der Waals surface area contributed by atoms with Crippen molar-refractivity contribution < 1.29 is 18.7 Å². The van der Waals surface area contributed by atoms with E-state index >= 15 is 0 Å². The molecule has 0 saturated carbocycles. The molecular weight excluding hydrogens is 320 g/mol. The molecule has 0 unspecified atom stereocenters. The van der Waals surface area contributed by atoms with E-state index in [1.165, 1.54) is 6.20 Å². The largest absolute Gasteiger partial charge is 0.488 e. The molecule has 2 aromatic heterocycles. The van der Waals surface area contributed by atoms with Crippen LogP contribution < -0.4 is 4.74 Å². The fourth-order valence-corrected chi connectivity index (χ4v) is 2.20. The number of ether oxygens (including phenoxy) is 2. The summed E-state index contributed by atoms with van der Waals surface area (Å²) in [6, 6.07) is 13.0. The highest BCUT2D eigenvalue weighted by Gasteiger charge is 2.17. The molecule has 0 spiro atoms. The van der Waals surface area contributed by atoms with Crippen LogP contribution in [0.2, 0.25) is 0 Å². The number of aromatic nitrogens is 2. The van der Waals surface area contributed by atoms with Gasteiger partial charge in [0.15, 0.2) is 23.8 Å². The normalized spacial score (nSPS) is 10.7. The summed E-state index contributed by atoms with van der Waals surface area (Å²) in [7, 11) is 0. The molecule has 0 amide bonds. The smallest absolute Gasteiger partial charge is 0.361 e. The maximum absolute atomic E-state index is 12.3. The number of pyridine rings is 1. The topological polar surface area (TPSA) is 74.5 Å². The number of nitrogens with zero attached hydrogens (tertiary/aromatic N) is 2. The van der Waals surface area contributed by atoms with E-state index in [1.807, 2.05) is 44.2 Å². The number of rotatable bonds is 6. The first kappa shape index (κ1) is 16.7. The minimum Gasteiger partial charge on any atom is -0.488 e. The van der Waals surface area contributed by atoms with Crippen molar-refractivity contribution in [3.8, 4) is 17.1 Å². The van der Waals surface area contributed by atoms with E-state index in [9.17, 15) is 4.79 Å². The molecule has 0 aliphatic carbocycles. The molecule has 0 radical (unpaired) electrons. The van der Waals surface area contributed by atoms with Crippen molar-refractivity contribution in [2.45, 2.75) is 26.6 Å². The van der Waals surface area contributed by atoms with Gasteiger partial charge in [-0.05, 0) is 26.0 Å². The van der Waals surface area contributed by atoms with E-state index in [0.29, 0.717) is 17.4 Å². The minimum absolute atomic E-state index is 0.0732. The standard InChI is InChI=1S/C19H18N2O4/c1-13(2)24-15-9-6-10-20-18(15)19(22)23-12-17-21-11-16(25-17)14-7-4-3-5-8-14/h3-11,13H,12H2,1-2H3. The molecule has 0 aliphatic rings. The molecule has 0 bridgehead atoms. The second-order valence-corrected chi connectivity index (χ2v) is 5.58. The third kappa shape index (κ3) is 4.23. The molecule has 1 aromatic carbocycles. The Balaban J connectivity index is 1.66. The predicted octanol–water partition coefficient (Wildman–Crippen LogP) is 3.88. The second-order valence-electron chi connectivity index (χ2n) is 5.58. The average Bonchev–Trinajstić information content (AvgIpc) is 3.09. The van der Waals surface area contributed by atoms with E-state index in [-0.39, 0.29) is 18.4 Å². The summed E-state index contributed by atoms with van der Waals surface area (Å²) in [5.41, 5.74) is 1.04. The third-order valence-corrected chi connectivity index (χ3v) is 3.27. The number of esters is 1. The molecule has 3 aromatic rings. The molecule has 0 atom stereocenters. The molecule has 6 nitrogen and oxygen atoms in total. The monoisotopic (exact) mass is 338 g/mol. The Morgan fingerprint density at radius 3 is 2.68 bits per heavy atom. The number of carbonyl (C=O) groups excluding carboxylic acids is 1. The van der Waals surface area contributed by atoms with Gasteiger partial charge in [-0.15, -0.1) is 0 Å². The number of hydrogen-bond donors (Lipinski definition) is 0. The van der Waals surface area contributed by atoms with Gasteiger partial charge in [-0.1, -0.05) is 30.3 Å². The SMILES string of the molecule is CC(C)Oc1cccnc1C(=O)OCc1ncc(-c2ccccc2)o1. The van der Waals surface area contributed by atoms with Crippen LogP contribution in [0.25, 0.3) is 11.3 Å². The lowest BCUT2D eigenvalue weighted by Gasteiger charge is -2.12. The Labute approximate surface area is 145 Å². The van der Waals surface area contributed by atoms with E-state index in [4.69, 9.17) is 13.9 Å². The summed E-state index contributed by atoms with van der Waals surface area (Å²) in [6.45, 7) is 3.67. The van der Waals surface area contributed by atoms with E-state index in [1.54, 1.807) is 18.3 Å². The fraction of sp³-hybridized carbons (Fsp3) is 0.211. The van der Waals surface area contributed by atoms with Crippen LogP contribution in [0.15, 0.2) is 59.3 Å². The zero-order chi connectivity index (χ0) is 17.6. The van der Waals surface area contributed by atoms with Gasteiger partial charge in [0.05, 0.1) is 12.3 Å². The second kappa shape index (κ2) is 7.61. The van der Waals surface area contributed by atoms with Gasteiger partial charge < -0.3 is 13.9 Å². The van der Waals surface area contributed by atoms with Gasteiger partial charge in [-0.3, -0.25) is 0 Å². The molecule has 0 saturated heterocycles. The van der Waals surface area contributed by atoms with E-state index in [2.05, 4.69) is 9.97 Å². The van der Waals surface area contributed by atoms with Crippen molar-refractivity contribution in [1.82, 2.24) is 9.97 Å². The quantitative estimate of drug-likeness (QED) is 0.635. The highest BCUT2D eigenvalue weighted by Crippen LogP contribution is 2.21. The average molecular weight is 338 g/mol. The van der Waals surface area contributed by atoms with Crippen LogP contribution in [0.4, 0.5) is 0 Å². The molecular formula is C19H18N2O4. The predicted molar refractivity (Wildman–Crippen MR) is 91.1 cm³/mol. The van der Waals surface area contributed by atoms with Crippen molar-refractivity contribution in [3.05, 3.63) is 66.4 Å². The molecule has 2 heterocycles. The summed E-state index contributed by atoms with van der Waals surface area (Å²) >= 11 is 0. The molecule has 0 aliphatic heterocycles. The summed E-state index contributed by atoms with van der Waals surface area (Å²) < 4.78 is 16.4. The first-order chi connectivity index (χ1) is 12.1. The molecule has 0 N–H and O–H groups in total. The lowest BCUT2D eigenvalue weighted by atomic mass is 10.2. The van der Waals surface area contributed by atoms with Crippen LogP contribution in [0.3, 0.4) is 0 Å². The fourth-order valence-electron chi connectivity index (χ4n) is 2.20. The van der Waals surface area contributed by atoms with Gasteiger partial charge in [-0.2, -0.15) is 0 Å². The van der Waals surface area contributed by atoms with E-state index < -0.39 is 5.97 Å². The van der Waals surface area contributed by atoms with Gasteiger partial charge in [0, 0.05) is 11.8 Å². The van der Waals surface area contributed by atoms with Crippen LogP contribution in [0, 0.1) is 0 Å². The van der Waals surface area contributed by atoms with Crippen molar-refractivity contribution in [2.24, 2.45) is 0 Å². The number of oxazole rings is 1. The molecule has 0 fully saturated rings. The van der Waals surface area contributed by atoms with E-state index in [0.717, 1.165) is 5.56 Å². The summed E-state index contributed by atoms with van der Waals surface area (Å²) in [4.78, 5) is 20.4. The van der Waals surface area contributed by atoms with Crippen molar-refractivity contribution >= 4 is 5.97 Å². The highest BCUT2D eigenvalue weighted by molar-refractivity contribution is 5.90. The Bertz CT molecular complexity index is 843. The lowest BCUT2D eigenvalue weighted by Crippen LogP contribution is -2.13. The Morgan fingerprint density at radius 1 is 1.12 bits per heavy atom. The number of hydrogen-bond acceptors (Lipinski definition) is 6. The summed E-state index contributed by atoms with van der Waals surface area (Å²) in [6.07, 6.45) is 3.05. The molecule has 6 heteroatoms. The maximum atomic E-state index is 12.3. The van der Waals surface area contributed by atoms with Crippen LogP contribution >= 0.6 is 0 Å². The third-order valence-electron chi connectivity index (χ3n) is 3.27. The van der Waals surface area contributed by atoms with Crippen LogP contribution in [0.1, 0.15) is 30.2 Å². The molecule has 128 valence electrons.